The van der Waals surface area contributed by atoms with Gasteiger partial charge in [-0.3, -0.25) is 4.99 Å². The maximum absolute atomic E-state index is 12.0. The molecular weight excluding hydrogens is 451 g/mol. The number of hydrogen-bond donors (Lipinski definition) is 3. The lowest BCUT2D eigenvalue weighted by molar-refractivity contribution is 0.0491. The minimum atomic E-state index is -0.491. The monoisotopic (exact) mass is 486 g/mol. The third-order valence-corrected chi connectivity index (χ3v) is 4.94. The molecule has 25 heavy (non-hydrogen) atoms. The molecule has 1 amide bonds. The predicted octanol–water partition coefficient (Wildman–Crippen LogP) is 3.21. The number of hydrogen-bond acceptors (Lipinski definition) is 4. The molecule has 0 spiro atoms. The Hall–Kier alpha value is -0.380. The molecule has 0 aromatic heterocycles. The molecule has 0 aliphatic carbocycles. The van der Waals surface area contributed by atoms with Gasteiger partial charge in [-0.05, 0) is 45.3 Å². The molecule has 0 bridgehead atoms. The van der Waals surface area contributed by atoms with Gasteiger partial charge in [0.15, 0.2) is 5.96 Å². The van der Waals surface area contributed by atoms with Crippen molar-refractivity contribution in [3.05, 3.63) is 0 Å². The Kier molecular flexibility index (Phi) is 11.9. The number of rotatable bonds is 5. The quantitative estimate of drug-likeness (QED) is 0.316. The average molecular weight is 486 g/mol. The number of aliphatic imine (C=N–C) groups is 1. The van der Waals surface area contributed by atoms with Crippen LogP contribution >= 0.6 is 35.7 Å². The van der Waals surface area contributed by atoms with E-state index in [2.05, 4.69) is 34.8 Å². The highest BCUT2D eigenvalue weighted by Crippen LogP contribution is 2.16. The predicted molar refractivity (Wildman–Crippen MR) is 118 cm³/mol. The number of thioether (sulfide) groups is 1. The van der Waals surface area contributed by atoms with E-state index in [1.54, 1.807) is 7.05 Å². The van der Waals surface area contributed by atoms with Crippen molar-refractivity contribution in [1.29, 1.82) is 0 Å². The van der Waals surface area contributed by atoms with E-state index < -0.39 is 5.60 Å². The molecular formula is C17H35IN4O2S. The van der Waals surface area contributed by atoms with Gasteiger partial charge in [0, 0.05) is 25.4 Å². The molecule has 148 valence electrons. The molecule has 0 radical (unpaired) electrons. The summed E-state index contributed by atoms with van der Waals surface area (Å²) in [6.07, 6.45) is 2.04. The summed E-state index contributed by atoms with van der Waals surface area (Å²) in [6.45, 7) is 10.4. The summed E-state index contributed by atoms with van der Waals surface area (Å²) in [5, 5.41) is 9.74. The van der Waals surface area contributed by atoms with E-state index in [-0.39, 0.29) is 42.0 Å². The van der Waals surface area contributed by atoms with Crippen LogP contribution in [0.1, 0.15) is 47.5 Å². The van der Waals surface area contributed by atoms with Gasteiger partial charge < -0.3 is 20.7 Å². The first-order valence-corrected chi connectivity index (χ1v) is 9.91. The van der Waals surface area contributed by atoms with Crippen molar-refractivity contribution >= 4 is 47.8 Å². The fourth-order valence-electron chi connectivity index (χ4n) is 2.36. The van der Waals surface area contributed by atoms with Crippen molar-refractivity contribution in [3.63, 3.8) is 0 Å². The third-order valence-electron chi connectivity index (χ3n) is 3.72. The van der Waals surface area contributed by atoms with Gasteiger partial charge in [-0.25, -0.2) is 4.79 Å². The van der Waals surface area contributed by atoms with E-state index in [1.165, 1.54) is 18.6 Å². The Morgan fingerprint density at radius 1 is 1.36 bits per heavy atom. The summed E-state index contributed by atoms with van der Waals surface area (Å²) in [5.74, 6) is 3.44. The van der Waals surface area contributed by atoms with Crippen LogP contribution in [0.5, 0.6) is 0 Å². The Morgan fingerprint density at radius 3 is 2.52 bits per heavy atom. The van der Waals surface area contributed by atoms with E-state index in [0.29, 0.717) is 12.6 Å². The number of carbonyl (C=O) groups excluding carboxylic acids is 1. The highest BCUT2D eigenvalue weighted by atomic mass is 127. The van der Waals surface area contributed by atoms with Crippen LogP contribution in [-0.4, -0.2) is 54.8 Å². The normalized spacial score (nSPS) is 19.6. The fraction of sp³-hybridized carbons (Fsp3) is 0.882. The summed E-state index contributed by atoms with van der Waals surface area (Å²) >= 11 is 1.98. The molecule has 1 aliphatic heterocycles. The zero-order valence-electron chi connectivity index (χ0n) is 16.3. The molecule has 0 aromatic carbocycles. The van der Waals surface area contributed by atoms with E-state index in [4.69, 9.17) is 4.74 Å². The van der Waals surface area contributed by atoms with Crippen LogP contribution in [0.25, 0.3) is 0 Å². The van der Waals surface area contributed by atoms with Crippen molar-refractivity contribution in [1.82, 2.24) is 16.0 Å². The Morgan fingerprint density at radius 2 is 2.04 bits per heavy atom. The first-order valence-electron chi connectivity index (χ1n) is 8.75. The minimum absolute atomic E-state index is 0. The van der Waals surface area contributed by atoms with Gasteiger partial charge in [-0.15, -0.1) is 24.0 Å². The summed E-state index contributed by atoms with van der Waals surface area (Å²) in [7, 11) is 1.77. The molecule has 2 unspecified atom stereocenters. The van der Waals surface area contributed by atoms with E-state index in [0.717, 1.165) is 11.7 Å². The molecule has 0 aromatic rings. The van der Waals surface area contributed by atoms with Gasteiger partial charge >= 0.3 is 6.09 Å². The van der Waals surface area contributed by atoms with Gasteiger partial charge in [0.25, 0.3) is 0 Å². The lowest BCUT2D eigenvalue weighted by Gasteiger charge is -2.28. The number of nitrogens with one attached hydrogen (secondary N) is 3. The van der Waals surface area contributed by atoms with E-state index in [9.17, 15) is 4.79 Å². The largest absolute Gasteiger partial charge is 0.444 e. The second-order valence-electron chi connectivity index (χ2n) is 7.51. The Balaban J connectivity index is 0.00000576. The molecule has 1 fully saturated rings. The van der Waals surface area contributed by atoms with Crippen LogP contribution in [0.2, 0.25) is 0 Å². The Bertz CT molecular complexity index is 421. The number of carbonyl (C=O) groups is 1. The molecule has 3 N–H and O–H groups in total. The first kappa shape index (κ1) is 24.6. The molecule has 1 heterocycles. The van der Waals surface area contributed by atoms with Crippen molar-refractivity contribution in [2.24, 2.45) is 10.9 Å². The number of ether oxygens (including phenoxy) is 1. The van der Waals surface area contributed by atoms with Gasteiger partial charge in [-0.2, -0.15) is 11.8 Å². The van der Waals surface area contributed by atoms with Crippen LogP contribution in [0.3, 0.4) is 0 Å². The van der Waals surface area contributed by atoms with Crippen LogP contribution in [0.4, 0.5) is 4.79 Å². The van der Waals surface area contributed by atoms with E-state index in [1.807, 2.05) is 32.5 Å². The maximum atomic E-state index is 12.0. The van der Waals surface area contributed by atoms with Crippen molar-refractivity contribution in [2.75, 3.05) is 25.1 Å². The molecule has 2 atom stereocenters. The zero-order chi connectivity index (χ0) is 18.2. The summed E-state index contributed by atoms with van der Waals surface area (Å²) in [4.78, 5) is 16.3. The first-order chi connectivity index (χ1) is 11.2. The average Bonchev–Trinajstić information content (AvgIpc) is 2.48. The van der Waals surface area contributed by atoms with Crippen molar-refractivity contribution in [3.8, 4) is 0 Å². The zero-order valence-corrected chi connectivity index (χ0v) is 19.5. The van der Waals surface area contributed by atoms with Crippen LogP contribution in [-0.2, 0) is 4.74 Å². The highest BCUT2D eigenvalue weighted by molar-refractivity contribution is 14.0. The lowest BCUT2D eigenvalue weighted by Crippen LogP contribution is -2.52. The van der Waals surface area contributed by atoms with Crippen LogP contribution < -0.4 is 16.0 Å². The number of nitrogens with zero attached hydrogens (tertiary/aromatic N) is 1. The molecule has 6 nitrogen and oxygen atoms in total. The smallest absolute Gasteiger partial charge is 0.407 e. The highest BCUT2D eigenvalue weighted by Gasteiger charge is 2.22. The molecule has 1 aliphatic rings. The van der Waals surface area contributed by atoms with Gasteiger partial charge in [0.05, 0.1) is 6.04 Å². The maximum Gasteiger partial charge on any atom is 0.407 e. The lowest BCUT2D eigenvalue weighted by atomic mass is 10.0. The summed E-state index contributed by atoms with van der Waals surface area (Å²) in [6, 6.07) is 0.436. The standard InChI is InChI=1S/C17H34N4O2S.HI/c1-12(2)14(21-16(22)23-17(3,4)5)10-19-15(18-6)20-13-8-7-9-24-11-13;/h12-14H,7-11H2,1-6H3,(H,21,22)(H2,18,19,20);1H. The minimum Gasteiger partial charge on any atom is -0.444 e. The van der Waals surface area contributed by atoms with Crippen molar-refractivity contribution < 1.29 is 9.53 Å². The second kappa shape index (κ2) is 12.1. The van der Waals surface area contributed by atoms with Crippen molar-refractivity contribution in [2.45, 2.75) is 65.1 Å². The topological polar surface area (TPSA) is 74.8 Å². The van der Waals surface area contributed by atoms with Gasteiger partial charge in [-0.1, -0.05) is 13.8 Å². The van der Waals surface area contributed by atoms with Gasteiger partial charge in [0.1, 0.15) is 5.60 Å². The molecule has 0 saturated carbocycles. The van der Waals surface area contributed by atoms with E-state index >= 15 is 0 Å². The van der Waals surface area contributed by atoms with Crippen LogP contribution in [0.15, 0.2) is 4.99 Å². The number of alkyl carbamates (subject to hydrolysis) is 1. The molecule has 8 heteroatoms. The number of amides is 1. The Labute approximate surface area is 174 Å². The van der Waals surface area contributed by atoms with Gasteiger partial charge in [0.2, 0.25) is 0 Å². The SMILES string of the molecule is CN=C(NCC(NC(=O)OC(C)(C)C)C(C)C)NC1CCCSC1.I. The third kappa shape index (κ3) is 11.0. The summed E-state index contributed by atoms with van der Waals surface area (Å²) < 4.78 is 5.35. The number of halogens is 1. The fourth-order valence-corrected chi connectivity index (χ4v) is 3.43. The second-order valence-corrected chi connectivity index (χ2v) is 8.66. The summed E-state index contributed by atoms with van der Waals surface area (Å²) in [5.41, 5.74) is -0.491. The molecule has 1 rings (SSSR count). The van der Waals surface area contributed by atoms with Crippen LogP contribution in [0, 0.1) is 5.92 Å². The molecule has 1 saturated heterocycles. The number of guanidine groups is 1.